The van der Waals surface area contributed by atoms with Gasteiger partial charge in [-0.05, 0) is 19.1 Å². The summed E-state index contributed by atoms with van der Waals surface area (Å²) in [5.41, 5.74) is 1.87. The number of rotatable bonds is 5. The maximum Gasteiger partial charge on any atom is 0.221 e. The number of pyridine rings is 1. The van der Waals surface area contributed by atoms with Crippen LogP contribution >= 0.6 is 0 Å². The topological polar surface area (TPSA) is 102 Å². The van der Waals surface area contributed by atoms with Crippen molar-refractivity contribution >= 4 is 28.0 Å². The summed E-state index contributed by atoms with van der Waals surface area (Å²) in [4.78, 5) is 12.8. The van der Waals surface area contributed by atoms with Gasteiger partial charge < -0.3 is 10.4 Å². The molecule has 1 atom stereocenters. The molecule has 0 fully saturated rings. The van der Waals surface area contributed by atoms with Crippen LogP contribution in [0, 0.1) is 5.82 Å². The van der Waals surface area contributed by atoms with E-state index in [1.165, 1.54) is 16.9 Å². The number of hydrogen-bond acceptors (Lipinski definition) is 7. The molecule has 0 bridgehead atoms. The Kier molecular flexibility index (Phi) is 4.13. The van der Waals surface area contributed by atoms with Crippen molar-refractivity contribution in [2.45, 2.75) is 19.6 Å². The molecule has 2 N–H and O–H groups in total. The van der Waals surface area contributed by atoms with Crippen LogP contribution in [0.25, 0.3) is 22.2 Å². The van der Waals surface area contributed by atoms with E-state index in [4.69, 9.17) is 0 Å². The number of anilines is 1. The number of benzene rings is 1. The molecule has 0 spiro atoms. The SMILES string of the molecule is C[C@H](O)CNc1cnc2nnn(Cc3cc4cccnc4cc3F)c2n1. The van der Waals surface area contributed by atoms with E-state index < -0.39 is 6.10 Å². The van der Waals surface area contributed by atoms with Gasteiger partial charge >= 0.3 is 0 Å². The lowest BCUT2D eigenvalue weighted by Gasteiger charge is -2.08. The fraction of sp³-hybridized carbons (Fsp3) is 0.235. The number of nitrogens with one attached hydrogen (secondary N) is 1. The van der Waals surface area contributed by atoms with Crippen LogP contribution in [0.15, 0.2) is 36.7 Å². The number of aromatic nitrogens is 6. The summed E-state index contributed by atoms with van der Waals surface area (Å²) >= 11 is 0. The maximum absolute atomic E-state index is 14.4. The molecule has 8 nitrogen and oxygen atoms in total. The first kappa shape index (κ1) is 16.3. The first-order valence-electron chi connectivity index (χ1n) is 8.11. The maximum atomic E-state index is 14.4. The molecule has 4 rings (SSSR count). The van der Waals surface area contributed by atoms with Gasteiger partial charge in [0.25, 0.3) is 0 Å². The second-order valence-electron chi connectivity index (χ2n) is 6.02. The highest BCUT2D eigenvalue weighted by Crippen LogP contribution is 2.19. The van der Waals surface area contributed by atoms with E-state index in [9.17, 15) is 9.50 Å². The third-order valence-corrected chi connectivity index (χ3v) is 3.90. The van der Waals surface area contributed by atoms with Crippen molar-refractivity contribution in [2.24, 2.45) is 0 Å². The minimum absolute atomic E-state index is 0.168. The smallest absolute Gasteiger partial charge is 0.221 e. The molecule has 0 saturated carbocycles. The highest BCUT2D eigenvalue weighted by molar-refractivity contribution is 5.79. The van der Waals surface area contributed by atoms with Crippen LogP contribution in [-0.2, 0) is 6.54 Å². The van der Waals surface area contributed by atoms with E-state index in [0.29, 0.717) is 34.7 Å². The van der Waals surface area contributed by atoms with Gasteiger partial charge in [-0.3, -0.25) is 4.98 Å². The highest BCUT2D eigenvalue weighted by Gasteiger charge is 2.12. The Morgan fingerprint density at radius 1 is 1.31 bits per heavy atom. The number of nitrogens with zero attached hydrogens (tertiary/aromatic N) is 6. The van der Waals surface area contributed by atoms with Gasteiger partial charge in [-0.25, -0.2) is 19.0 Å². The largest absolute Gasteiger partial charge is 0.392 e. The van der Waals surface area contributed by atoms with Gasteiger partial charge in [-0.2, -0.15) is 0 Å². The normalized spacial score (nSPS) is 12.6. The first-order chi connectivity index (χ1) is 12.6. The number of aliphatic hydroxyl groups excluding tert-OH is 1. The number of hydrogen-bond donors (Lipinski definition) is 2. The standard InChI is InChI=1S/C17H16FN7O/c1-10(26)7-20-15-8-21-16-17(22-15)25(24-23-16)9-12-5-11-3-2-4-19-14(11)6-13(12)18/h2-6,8,10,26H,7,9H2,1H3,(H,20,22)/t10-/m0/s1. The van der Waals surface area contributed by atoms with Gasteiger partial charge in [-0.15, -0.1) is 5.10 Å². The zero-order valence-electron chi connectivity index (χ0n) is 14.0. The third kappa shape index (κ3) is 3.16. The van der Waals surface area contributed by atoms with E-state index in [0.717, 1.165) is 5.39 Å². The minimum Gasteiger partial charge on any atom is -0.392 e. The van der Waals surface area contributed by atoms with Gasteiger partial charge in [0.1, 0.15) is 11.6 Å². The molecule has 0 aliphatic heterocycles. The van der Waals surface area contributed by atoms with Crippen molar-refractivity contribution in [3.8, 4) is 0 Å². The summed E-state index contributed by atoms with van der Waals surface area (Å²) in [5.74, 6) is 0.126. The average Bonchev–Trinajstić information content (AvgIpc) is 3.03. The van der Waals surface area contributed by atoms with E-state index >= 15 is 0 Å². The molecule has 9 heteroatoms. The lowest BCUT2D eigenvalue weighted by molar-refractivity contribution is 0.208. The molecular weight excluding hydrogens is 337 g/mol. The second kappa shape index (κ2) is 6.60. The van der Waals surface area contributed by atoms with Crippen molar-refractivity contribution in [2.75, 3.05) is 11.9 Å². The summed E-state index contributed by atoms with van der Waals surface area (Å²) in [5, 5.41) is 21.2. The van der Waals surface area contributed by atoms with Crippen LogP contribution in [0.1, 0.15) is 12.5 Å². The molecule has 26 heavy (non-hydrogen) atoms. The molecule has 3 heterocycles. The van der Waals surface area contributed by atoms with Crippen LogP contribution in [0.2, 0.25) is 0 Å². The minimum atomic E-state index is -0.518. The monoisotopic (exact) mass is 353 g/mol. The average molecular weight is 353 g/mol. The lowest BCUT2D eigenvalue weighted by atomic mass is 10.1. The fourth-order valence-electron chi connectivity index (χ4n) is 2.62. The quantitative estimate of drug-likeness (QED) is 0.563. The highest BCUT2D eigenvalue weighted by atomic mass is 19.1. The van der Waals surface area contributed by atoms with Crippen LogP contribution in [0.3, 0.4) is 0 Å². The Balaban J connectivity index is 1.68. The Bertz CT molecular complexity index is 1080. The molecule has 0 saturated heterocycles. The summed E-state index contributed by atoms with van der Waals surface area (Å²) in [6.45, 7) is 2.18. The second-order valence-corrected chi connectivity index (χ2v) is 6.02. The molecule has 0 aliphatic carbocycles. The van der Waals surface area contributed by atoms with Crippen molar-refractivity contribution in [1.29, 1.82) is 0 Å². The fourth-order valence-corrected chi connectivity index (χ4v) is 2.62. The lowest BCUT2D eigenvalue weighted by Crippen LogP contribution is -2.16. The van der Waals surface area contributed by atoms with Gasteiger partial charge in [0, 0.05) is 29.8 Å². The molecule has 132 valence electrons. The Labute approximate surface area is 147 Å². The number of aliphatic hydroxyl groups is 1. The molecular formula is C17H16FN7O. The summed E-state index contributed by atoms with van der Waals surface area (Å²) in [6, 6.07) is 6.84. The molecule has 4 aromatic rings. The van der Waals surface area contributed by atoms with Crippen LogP contribution in [0.5, 0.6) is 0 Å². The van der Waals surface area contributed by atoms with E-state index in [1.807, 2.05) is 6.07 Å². The summed E-state index contributed by atoms with van der Waals surface area (Å²) < 4.78 is 15.9. The van der Waals surface area contributed by atoms with Gasteiger partial charge in [0.05, 0.1) is 24.4 Å². The van der Waals surface area contributed by atoms with Crippen LogP contribution < -0.4 is 5.32 Å². The molecule has 0 amide bonds. The summed E-state index contributed by atoms with van der Waals surface area (Å²) in [6.07, 6.45) is 2.63. The molecule has 3 aromatic heterocycles. The first-order valence-corrected chi connectivity index (χ1v) is 8.11. The van der Waals surface area contributed by atoms with E-state index in [2.05, 4.69) is 30.6 Å². The van der Waals surface area contributed by atoms with Gasteiger partial charge in [0.15, 0.2) is 5.65 Å². The number of fused-ring (bicyclic) bond motifs is 2. The number of halogens is 1. The molecule has 1 aromatic carbocycles. The van der Waals surface area contributed by atoms with Crippen molar-refractivity contribution in [3.63, 3.8) is 0 Å². The molecule has 0 radical (unpaired) electrons. The predicted molar refractivity (Wildman–Crippen MR) is 94.1 cm³/mol. The van der Waals surface area contributed by atoms with Crippen molar-refractivity contribution in [3.05, 3.63) is 48.0 Å². The summed E-state index contributed by atoms with van der Waals surface area (Å²) in [7, 11) is 0. The third-order valence-electron chi connectivity index (χ3n) is 3.90. The van der Waals surface area contributed by atoms with Gasteiger partial charge in [0.2, 0.25) is 5.65 Å². The molecule has 0 aliphatic rings. The van der Waals surface area contributed by atoms with Crippen LogP contribution in [-0.4, -0.2) is 47.7 Å². The Morgan fingerprint density at radius 3 is 3.04 bits per heavy atom. The van der Waals surface area contributed by atoms with E-state index in [1.54, 1.807) is 25.3 Å². The van der Waals surface area contributed by atoms with Crippen LogP contribution in [0.4, 0.5) is 10.2 Å². The van der Waals surface area contributed by atoms with Crippen molar-refractivity contribution < 1.29 is 9.50 Å². The molecule has 0 unspecified atom stereocenters. The Hall–Kier alpha value is -3.20. The predicted octanol–water partition coefficient (Wildman–Crippen LogP) is 1.75. The van der Waals surface area contributed by atoms with Gasteiger partial charge in [-0.1, -0.05) is 11.3 Å². The van der Waals surface area contributed by atoms with Crippen molar-refractivity contribution in [1.82, 2.24) is 29.9 Å². The zero-order valence-corrected chi connectivity index (χ0v) is 14.0. The van der Waals surface area contributed by atoms with E-state index in [-0.39, 0.29) is 12.4 Å². The Morgan fingerprint density at radius 2 is 2.19 bits per heavy atom. The zero-order chi connectivity index (χ0) is 18.1.